The molecule has 1 unspecified atom stereocenters. The molecule has 8 heteroatoms. The number of aromatic nitrogens is 1. The van der Waals surface area contributed by atoms with E-state index in [1.165, 1.54) is 19.1 Å². The van der Waals surface area contributed by atoms with Gasteiger partial charge in [-0.2, -0.15) is 0 Å². The summed E-state index contributed by atoms with van der Waals surface area (Å²) >= 11 is 0. The molecule has 0 fully saturated rings. The maximum atomic E-state index is 14.0. The first-order valence-corrected chi connectivity index (χ1v) is 11.2. The molecule has 0 saturated heterocycles. The monoisotopic (exact) mass is 491 g/mol. The summed E-state index contributed by atoms with van der Waals surface area (Å²) in [4.78, 5) is 23.5. The van der Waals surface area contributed by atoms with Gasteiger partial charge in [-0.25, -0.2) is 8.78 Å². The van der Waals surface area contributed by atoms with Crippen molar-refractivity contribution in [2.45, 2.75) is 32.8 Å². The molecule has 1 aromatic heterocycles. The lowest BCUT2D eigenvalue weighted by molar-refractivity contribution is -0.148. The average molecular weight is 491 g/mol. The second-order valence-electron chi connectivity index (χ2n) is 8.37. The molecule has 1 atom stereocenters. The number of esters is 1. The Kier molecular flexibility index (Phi) is 7.24. The lowest BCUT2D eigenvalue weighted by Gasteiger charge is -2.14. The maximum absolute atomic E-state index is 14.0. The summed E-state index contributed by atoms with van der Waals surface area (Å²) in [5.74, 6) is -3.15. The third kappa shape index (κ3) is 5.49. The molecule has 0 aliphatic heterocycles. The predicted molar refractivity (Wildman–Crippen MR) is 128 cm³/mol. The van der Waals surface area contributed by atoms with Crippen LogP contribution in [0.5, 0.6) is 0 Å². The van der Waals surface area contributed by atoms with Gasteiger partial charge in [-0.1, -0.05) is 65.8 Å². The van der Waals surface area contributed by atoms with E-state index in [0.717, 1.165) is 17.2 Å². The number of nitrogens with zero attached hydrogens (tertiary/aromatic N) is 1. The smallest absolute Gasteiger partial charge is 0.311 e. The van der Waals surface area contributed by atoms with Crippen LogP contribution in [0, 0.1) is 18.6 Å². The molecule has 0 amide bonds. The second-order valence-corrected chi connectivity index (χ2v) is 8.37. The van der Waals surface area contributed by atoms with Crippen LogP contribution >= 0.6 is 0 Å². The molecule has 0 aliphatic carbocycles. The minimum atomic E-state index is -1.05. The molecule has 4 rings (SSSR count). The number of hydrogen-bond donors (Lipinski definition) is 1. The first-order valence-electron chi connectivity index (χ1n) is 11.2. The Morgan fingerprint density at radius 1 is 0.944 bits per heavy atom. The molecular formula is C28H23F2NO5. The van der Waals surface area contributed by atoms with Gasteiger partial charge in [-0.15, -0.1) is 0 Å². The second kappa shape index (κ2) is 10.5. The number of carbonyl (C=O) groups is 2. The molecule has 0 radical (unpaired) electrons. The van der Waals surface area contributed by atoms with Crippen LogP contribution < -0.4 is 0 Å². The van der Waals surface area contributed by atoms with Crippen LogP contribution in [0.15, 0.2) is 71.3 Å². The SMILES string of the molecule is Cc1noc(-c2ccc(-c3ccc(CC(=O)O)cc3)cc2)c1CC(=O)OC(C)c1cccc(F)c1F. The van der Waals surface area contributed by atoms with Crippen molar-refractivity contribution in [3.63, 3.8) is 0 Å². The zero-order valence-corrected chi connectivity index (χ0v) is 19.6. The van der Waals surface area contributed by atoms with Gasteiger partial charge in [0.05, 0.1) is 18.5 Å². The summed E-state index contributed by atoms with van der Waals surface area (Å²) in [5, 5.41) is 12.9. The zero-order valence-electron chi connectivity index (χ0n) is 19.6. The topological polar surface area (TPSA) is 89.6 Å². The third-order valence-corrected chi connectivity index (χ3v) is 5.82. The van der Waals surface area contributed by atoms with Crippen molar-refractivity contribution < 1.29 is 32.7 Å². The van der Waals surface area contributed by atoms with Gasteiger partial charge < -0.3 is 14.4 Å². The fraction of sp³-hybridized carbons (Fsp3) is 0.179. The van der Waals surface area contributed by atoms with Crippen molar-refractivity contribution in [3.05, 3.63) is 101 Å². The highest BCUT2D eigenvalue weighted by molar-refractivity contribution is 5.78. The van der Waals surface area contributed by atoms with E-state index in [1.807, 2.05) is 36.4 Å². The first kappa shape index (κ1) is 24.8. The lowest BCUT2D eigenvalue weighted by atomic mass is 9.99. The van der Waals surface area contributed by atoms with Crippen LogP contribution in [-0.4, -0.2) is 22.2 Å². The molecule has 0 bridgehead atoms. The number of aliphatic carboxylic acids is 1. The van der Waals surface area contributed by atoms with Gasteiger partial charge in [0, 0.05) is 16.7 Å². The molecule has 184 valence electrons. The van der Waals surface area contributed by atoms with E-state index in [9.17, 15) is 18.4 Å². The highest BCUT2D eigenvalue weighted by Crippen LogP contribution is 2.30. The number of rotatable bonds is 8. The van der Waals surface area contributed by atoms with Gasteiger partial charge in [-0.05, 0) is 36.6 Å². The minimum Gasteiger partial charge on any atom is -0.481 e. The molecule has 6 nitrogen and oxygen atoms in total. The number of benzene rings is 3. The quantitative estimate of drug-likeness (QED) is 0.301. The number of carboxylic acid groups (broad SMARTS) is 1. The van der Waals surface area contributed by atoms with Gasteiger partial charge in [0.15, 0.2) is 17.4 Å². The Morgan fingerprint density at radius 3 is 2.19 bits per heavy atom. The molecular weight excluding hydrogens is 468 g/mol. The van der Waals surface area contributed by atoms with E-state index >= 15 is 0 Å². The van der Waals surface area contributed by atoms with Crippen LogP contribution in [0.2, 0.25) is 0 Å². The lowest BCUT2D eigenvalue weighted by Crippen LogP contribution is -2.13. The number of ether oxygens (including phenoxy) is 1. The Bertz CT molecular complexity index is 1390. The fourth-order valence-corrected chi connectivity index (χ4v) is 3.91. The van der Waals surface area contributed by atoms with Gasteiger partial charge in [0.1, 0.15) is 6.10 Å². The Hall–Kier alpha value is -4.33. The molecule has 1 N–H and O–H groups in total. The van der Waals surface area contributed by atoms with Crippen LogP contribution in [-0.2, 0) is 27.2 Å². The Morgan fingerprint density at radius 2 is 1.56 bits per heavy atom. The molecule has 3 aromatic carbocycles. The van der Waals surface area contributed by atoms with Crippen molar-refractivity contribution in [2.75, 3.05) is 0 Å². The number of carboxylic acids is 1. The number of halogens is 2. The summed E-state index contributed by atoms with van der Waals surface area (Å²) in [6.45, 7) is 3.18. The normalized spacial score (nSPS) is 11.8. The number of carbonyl (C=O) groups excluding carboxylic acids is 1. The van der Waals surface area contributed by atoms with Gasteiger partial charge >= 0.3 is 11.9 Å². The standard InChI is InChI=1S/C28H23F2NO5/c1-16-23(15-26(34)35-17(2)22-4-3-5-24(29)27(22)30)28(36-31-16)21-12-10-20(11-13-21)19-8-6-18(7-9-19)14-25(32)33/h3-13,17H,14-15H2,1-2H3,(H,32,33). The van der Waals surface area contributed by atoms with E-state index in [4.69, 9.17) is 14.4 Å². The van der Waals surface area contributed by atoms with E-state index in [1.54, 1.807) is 19.1 Å². The summed E-state index contributed by atoms with van der Waals surface area (Å²) < 4.78 is 38.4. The van der Waals surface area contributed by atoms with Crippen LogP contribution in [0.25, 0.3) is 22.5 Å². The molecule has 1 heterocycles. The summed E-state index contributed by atoms with van der Waals surface area (Å²) in [5.41, 5.74) is 4.27. The molecule has 0 saturated carbocycles. The fourth-order valence-electron chi connectivity index (χ4n) is 3.91. The largest absolute Gasteiger partial charge is 0.481 e. The van der Waals surface area contributed by atoms with Gasteiger partial charge in [0.2, 0.25) is 0 Å². The molecule has 36 heavy (non-hydrogen) atoms. The predicted octanol–water partition coefficient (Wildman–Crippen LogP) is 6.07. The summed E-state index contributed by atoms with van der Waals surface area (Å²) in [7, 11) is 0. The van der Waals surface area contributed by atoms with E-state index in [2.05, 4.69) is 5.16 Å². The van der Waals surface area contributed by atoms with Crippen LogP contribution in [0.4, 0.5) is 8.78 Å². The third-order valence-electron chi connectivity index (χ3n) is 5.82. The summed E-state index contributed by atoms with van der Waals surface area (Å²) in [6, 6.07) is 18.4. The number of aryl methyl sites for hydroxylation is 1. The Balaban J connectivity index is 1.48. The highest BCUT2D eigenvalue weighted by atomic mass is 19.2. The Labute approximate surface area is 206 Å². The van der Waals surface area contributed by atoms with E-state index in [0.29, 0.717) is 28.1 Å². The van der Waals surface area contributed by atoms with Crippen molar-refractivity contribution >= 4 is 11.9 Å². The zero-order chi connectivity index (χ0) is 25.8. The van der Waals surface area contributed by atoms with Gasteiger partial charge in [-0.3, -0.25) is 9.59 Å². The van der Waals surface area contributed by atoms with E-state index < -0.39 is 29.7 Å². The summed E-state index contributed by atoms with van der Waals surface area (Å²) in [6.07, 6.45) is -1.16. The molecule has 0 aliphatic rings. The molecule has 0 spiro atoms. The van der Waals surface area contributed by atoms with Crippen molar-refractivity contribution in [3.8, 4) is 22.5 Å². The first-order chi connectivity index (χ1) is 17.2. The average Bonchev–Trinajstić information content (AvgIpc) is 3.20. The van der Waals surface area contributed by atoms with Gasteiger partial charge in [0.25, 0.3) is 0 Å². The minimum absolute atomic E-state index is 0.0365. The van der Waals surface area contributed by atoms with Crippen LogP contribution in [0.3, 0.4) is 0 Å². The van der Waals surface area contributed by atoms with E-state index in [-0.39, 0.29) is 18.4 Å². The highest BCUT2D eigenvalue weighted by Gasteiger charge is 2.22. The molecule has 4 aromatic rings. The van der Waals surface area contributed by atoms with Crippen molar-refractivity contribution in [1.82, 2.24) is 5.16 Å². The van der Waals surface area contributed by atoms with Crippen molar-refractivity contribution in [2.24, 2.45) is 0 Å². The number of hydrogen-bond acceptors (Lipinski definition) is 5. The maximum Gasteiger partial charge on any atom is 0.311 e. The van der Waals surface area contributed by atoms with Crippen LogP contribution in [0.1, 0.15) is 35.4 Å². The van der Waals surface area contributed by atoms with Crippen molar-refractivity contribution in [1.29, 1.82) is 0 Å².